The summed E-state index contributed by atoms with van der Waals surface area (Å²) in [6.45, 7) is 2.78. The standard InChI is InChI=1S/C12H14BrFO3.C10H10BrFO3.Li.2H2O/c1-2-16-12(15)4-3-7-17-9-5-6-10(13)11(14)8-9;11-8-4-3-7(6-9(8)12)15-5-1-2-10(13)14;;;/h5-6,8H,2-4,7H2,1H3;3-4,6H,1-2,5H2,(H,13,14);;2*1H2/q;;+1;;/p-1. The number of hydrogen-bond donors (Lipinski definition) is 1. The molecule has 192 valence electrons. The molecule has 0 bridgehead atoms. The van der Waals surface area contributed by atoms with Crippen molar-refractivity contribution in [1.82, 2.24) is 0 Å². The van der Waals surface area contributed by atoms with Crippen LogP contribution in [0.15, 0.2) is 45.3 Å². The number of ether oxygens (including phenoxy) is 3. The largest absolute Gasteiger partial charge is 1.00 e. The van der Waals surface area contributed by atoms with Crippen molar-refractivity contribution in [2.45, 2.75) is 32.6 Å². The fourth-order valence-corrected chi connectivity index (χ4v) is 2.68. The number of benzene rings is 2. The monoisotopic (exact) mass is 622 g/mol. The molecule has 0 aromatic heterocycles. The Hall–Kier alpha value is -1.68. The molecule has 2 aromatic carbocycles. The molecule has 0 atom stereocenters. The van der Waals surface area contributed by atoms with Gasteiger partial charge in [-0.25, -0.2) is 8.78 Å². The van der Waals surface area contributed by atoms with Crippen LogP contribution in [0.3, 0.4) is 0 Å². The first-order valence-electron chi connectivity index (χ1n) is 9.76. The van der Waals surface area contributed by atoms with E-state index in [1.165, 1.54) is 12.1 Å². The maximum atomic E-state index is 13.1. The van der Waals surface area contributed by atoms with E-state index in [-0.39, 0.29) is 54.6 Å². The number of esters is 1. The Morgan fingerprint density at radius 1 is 0.886 bits per heavy atom. The van der Waals surface area contributed by atoms with E-state index in [1.54, 1.807) is 31.2 Å². The fourth-order valence-electron chi connectivity index (χ4n) is 2.19. The third kappa shape index (κ3) is 17.4. The second-order valence-electron chi connectivity index (χ2n) is 6.25. The van der Waals surface area contributed by atoms with Gasteiger partial charge in [-0.1, -0.05) is 0 Å². The maximum Gasteiger partial charge on any atom is 1.00 e. The number of carbonyl (C=O) groups excluding carboxylic acids is 1. The van der Waals surface area contributed by atoms with Crippen LogP contribution in [-0.4, -0.2) is 47.8 Å². The van der Waals surface area contributed by atoms with Crippen LogP contribution in [0.5, 0.6) is 11.5 Å². The van der Waals surface area contributed by atoms with E-state index < -0.39 is 11.8 Å². The smallest absolute Gasteiger partial charge is 0.870 e. The Labute approximate surface area is 231 Å². The summed E-state index contributed by atoms with van der Waals surface area (Å²) in [4.78, 5) is 21.2. The zero-order valence-electron chi connectivity index (χ0n) is 19.4. The Kier molecular flexibility index (Phi) is 23.4. The molecule has 4 N–H and O–H groups in total. The van der Waals surface area contributed by atoms with Crippen LogP contribution < -0.4 is 28.3 Å². The third-order valence-electron chi connectivity index (χ3n) is 3.69. The van der Waals surface area contributed by atoms with Gasteiger partial charge >= 0.3 is 30.8 Å². The quantitative estimate of drug-likeness (QED) is 0.229. The molecule has 0 spiro atoms. The van der Waals surface area contributed by atoms with Gasteiger partial charge < -0.3 is 30.3 Å². The molecule has 0 saturated heterocycles. The van der Waals surface area contributed by atoms with Gasteiger partial charge in [0.05, 0.1) is 28.8 Å². The summed E-state index contributed by atoms with van der Waals surface area (Å²) in [7, 11) is 0. The number of carboxylic acids is 1. The molecular formula is C22H27Br2F2LiO8. The molecule has 0 aliphatic rings. The van der Waals surface area contributed by atoms with Gasteiger partial charge in [-0.05, 0) is 75.9 Å². The number of hydrogen-bond acceptors (Lipinski definition) is 6. The average Bonchev–Trinajstić information content (AvgIpc) is 2.74. The van der Waals surface area contributed by atoms with Crippen molar-refractivity contribution in [3.8, 4) is 11.5 Å². The molecule has 0 fully saturated rings. The summed E-state index contributed by atoms with van der Waals surface area (Å²) in [6.07, 6.45) is 1.33. The van der Waals surface area contributed by atoms with Crippen molar-refractivity contribution in [2.75, 3.05) is 19.8 Å². The number of halogens is 4. The average molecular weight is 624 g/mol. The number of carboxylic acid groups (broad SMARTS) is 1. The first kappa shape index (κ1) is 37.9. The van der Waals surface area contributed by atoms with Gasteiger partial charge in [0.25, 0.3) is 0 Å². The van der Waals surface area contributed by atoms with Crippen molar-refractivity contribution in [3.05, 3.63) is 57.0 Å². The van der Waals surface area contributed by atoms with E-state index in [0.29, 0.717) is 52.9 Å². The summed E-state index contributed by atoms with van der Waals surface area (Å²) in [5.41, 5.74) is 0. The van der Waals surface area contributed by atoms with E-state index >= 15 is 0 Å². The van der Waals surface area contributed by atoms with Crippen molar-refractivity contribution >= 4 is 43.8 Å². The van der Waals surface area contributed by atoms with E-state index in [2.05, 4.69) is 31.9 Å². The third-order valence-corrected chi connectivity index (χ3v) is 4.97. The minimum atomic E-state index is -0.861. The van der Waals surface area contributed by atoms with Gasteiger partial charge in [0, 0.05) is 25.0 Å². The van der Waals surface area contributed by atoms with Crippen molar-refractivity contribution in [2.24, 2.45) is 0 Å². The predicted octanol–water partition coefficient (Wildman–Crippen LogP) is 2.14. The molecule has 0 heterocycles. The number of aliphatic carboxylic acids is 1. The van der Waals surface area contributed by atoms with E-state index in [4.69, 9.17) is 19.3 Å². The fraction of sp³-hybridized carbons (Fsp3) is 0.364. The Bertz CT molecular complexity index is 891. The first-order valence-corrected chi connectivity index (χ1v) is 11.3. The Morgan fingerprint density at radius 2 is 1.31 bits per heavy atom. The SMILES string of the molecule is CCOC(=O)CCCOc1ccc(Br)c(F)c1.O.O=C(O)CCCOc1ccc(Br)c(F)c1.[Li+].[OH-]. The molecule has 8 nitrogen and oxygen atoms in total. The summed E-state index contributed by atoms with van der Waals surface area (Å²) < 4.78 is 42.1. The number of carbonyl (C=O) groups is 2. The summed E-state index contributed by atoms with van der Waals surface area (Å²) in [5.74, 6) is -1.01. The molecule has 35 heavy (non-hydrogen) atoms. The normalized spacial score (nSPS) is 9.17. The minimum Gasteiger partial charge on any atom is -0.870 e. The van der Waals surface area contributed by atoms with Gasteiger partial charge in [-0.3, -0.25) is 9.59 Å². The molecule has 0 aliphatic carbocycles. The van der Waals surface area contributed by atoms with Gasteiger partial charge in [0.1, 0.15) is 23.1 Å². The second kappa shape index (κ2) is 21.6. The minimum absolute atomic E-state index is 0. The summed E-state index contributed by atoms with van der Waals surface area (Å²) >= 11 is 6.08. The van der Waals surface area contributed by atoms with Crippen LogP contribution in [-0.2, 0) is 14.3 Å². The Balaban J connectivity index is -0.000000542. The van der Waals surface area contributed by atoms with E-state index in [0.717, 1.165) is 0 Å². The first-order chi connectivity index (χ1) is 15.2. The van der Waals surface area contributed by atoms with Crippen molar-refractivity contribution in [3.63, 3.8) is 0 Å². The topological polar surface area (TPSA) is 144 Å². The van der Waals surface area contributed by atoms with Crippen molar-refractivity contribution in [1.29, 1.82) is 0 Å². The molecule has 0 saturated carbocycles. The molecule has 0 unspecified atom stereocenters. The van der Waals surface area contributed by atoms with Gasteiger partial charge in [-0.15, -0.1) is 0 Å². The molecule has 2 aromatic rings. The van der Waals surface area contributed by atoms with Crippen LogP contribution >= 0.6 is 31.9 Å². The molecule has 2 rings (SSSR count). The van der Waals surface area contributed by atoms with Gasteiger partial charge in [-0.2, -0.15) is 0 Å². The molecule has 13 heteroatoms. The molecule has 0 amide bonds. The van der Waals surface area contributed by atoms with Gasteiger partial charge in [0.2, 0.25) is 0 Å². The summed E-state index contributed by atoms with van der Waals surface area (Å²) in [6, 6.07) is 8.96. The van der Waals surface area contributed by atoms with Crippen LogP contribution in [0.2, 0.25) is 0 Å². The molecular weight excluding hydrogens is 597 g/mol. The van der Waals surface area contributed by atoms with E-state index in [1.807, 2.05) is 0 Å². The van der Waals surface area contributed by atoms with Crippen LogP contribution in [0.4, 0.5) is 8.78 Å². The Morgan fingerprint density at radius 3 is 1.69 bits per heavy atom. The van der Waals surface area contributed by atoms with Crippen LogP contribution in [0.25, 0.3) is 0 Å². The van der Waals surface area contributed by atoms with Crippen LogP contribution in [0, 0.1) is 11.6 Å². The second-order valence-corrected chi connectivity index (χ2v) is 7.96. The predicted molar refractivity (Wildman–Crippen MR) is 127 cm³/mol. The van der Waals surface area contributed by atoms with Crippen molar-refractivity contribution < 1.29 is 67.5 Å². The number of rotatable bonds is 11. The van der Waals surface area contributed by atoms with E-state index in [9.17, 15) is 18.4 Å². The van der Waals surface area contributed by atoms with Gasteiger partial charge in [0.15, 0.2) is 0 Å². The maximum absolute atomic E-state index is 13.1. The zero-order valence-corrected chi connectivity index (χ0v) is 22.5. The van der Waals surface area contributed by atoms with Crippen LogP contribution in [0.1, 0.15) is 32.6 Å². The molecule has 0 radical (unpaired) electrons. The molecule has 0 aliphatic heterocycles. The summed E-state index contributed by atoms with van der Waals surface area (Å²) in [5, 5.41) is 8.37. The zero-order chi connectivity index (χ0) is 23.9.